The van der Waals surface area contributed by atoms with E-state index < -0.39 is 0 Å². The van der Waals surface area contributed by atoms with E-state index in [4.69, 9.17) is 9.84 Å². The van der Waals surface area contributed by atoms with E-state index in [1.807, 2.05) is 41.1 Å². The van der Waals surface area contributed by atoms with Gasteiger partial charge >= 0.3 is 0 Å². The number of methoxy groups -OCH3 is 1. The Morgan fingerprint density at radius 2 is 1.58 bits per heavy atom. The van der Waals surface area contributed by atoms with Crippen LogP contribution in [0, 0.1) is 0 Å². The number of nitrogens with zero attached hydrogens (tertiary/aromatic N) is 2. The number of benzene rings is 3. The predicted molar refractivity (Wildman–Crippen MR) is 96.9 cm³/mol. The van der Waals surface area contributed by atoms with E-state index in [1.54, 1.807) is 7.11 Å². The summed E-state index contributed by atoms with van der Waals surface area (Å²) in [6, 6.07) is 26.8. The smallest absolute Gasteiger partial charge is 0.119 e. The molecule has 0 unspecified atom stereocenters. The Balaban J connectivity index is 1.92. The largest absolute Gasteiger partial charge is 0.497 e. The molecule has 1 heterocycles. The van der Waals surface area contributed by atoms with Crippen molar-refractivity contribution in [2.24, 2.45) is 0 Å². The van der Waals surface area contributed by atoms with E-state index in [2.05, 4.69) is 42.5 Å². The van der Waals surface area contributed by atoms with E-state index in [0.29, 0.717) is 0 Å². The molecule has 1 aromatic heterocycles. The van der Waals surface area contributed by atoms with Gasteiger partial charge in [0.1, 0.15) is 5.75 Å². The molecule has 0 aliphatic rings. The summed E-state index contributed by atoms with van der Waals surface area (Å²) >= 11 is 0. The highest BCUT2D eigenvalue weighted by Crippen LogP contribution is 2.27. The fraction of sp³-hybridized carbons (Fsp3) is 0.0952. The number of aromatic nitrogens is 2. The molecule has 0 fully saturated rings. The first-order valence-electron chi connectivity index (χ1n) is 8.00. The Labute approximate surface area is 141 Å². The number of hydrogen-bond acceptors (Lipinski definition) is 2. The monoisotopic (exact) mass is 314 g/mol. The molecule has 0 bridgehead atoms. The zero-order valence-electron chi connectivity index (χ0n) is 13.5. The molecule has 0 amide bonds. The molecular weight excluding hydrogens is 296 g/mol. The molecule has 0 spiro atoms. The lowest BCUT2D eigenvalue weighted by Crippen LogP contribution is -2.02. The number of fused-ring (bicyclic) bond motifs is 1. The zero-order valence-corrected chi connectivity index (χ0v) is 13.5. The third-order valence-electron chi connectivity index (χ3n) is 4.19. The summed E-state index contributed by atoms with van der Waals surface area (Å²) in [6.07, 6.45) is 0.819. The van der Waals surface area contributed by atoms with Gasteiger partial charge in [-0.05, 0) is 35.9 Å². The Kier molecular flexibility index (Phi) is 3.75. The van der Waals surface area contributed by atoms with E-state index in [-0.39, 0.29) is 0 Å². The second-order valence-corrected chi connectivity index (χ2v) is 5.74. The predicted octanol–water partition coefficient (Wildman–Crippen LogP) is 4.62. The van der Waals surface area contributed by atoms with E-state index >= 15 is 0 Å². The van der Waals surface area contributed by atoms with Crippen LogP contribution in [-0.4, -0.2) is 16.9 Å². The van der Waals surface area contributed by atoms with Crippen LogP contribution >= 0.6 is 0 Å². The summed E-state index contributed by atoms with van der Waals surface area (Å²) in [5.41, 5.74) is 4.48. The summed E-state index contributed by atoms with van der Waals surface area (Å²) in [4.78, 5) is 0. The minimum absolute atomic E-state index is 0.819. The topological polar surface area (TPSA) is 27.1 Å². The van der Waals surface area contributed by atoms with Gasteiger partial charge in [-0.3, -0.25) is 0 Å². The van der Waals surface area contributed by atoms with E-state index in [1.165, 1.54) is 11.3 Å². The summed E-state index contributed by atoms with van der Waals surface area (Å²) in [7, 11) is 1.69. The SMILES string of the molecule is COc1ccc2nn(-c3ccccc3)c(Cc3ccccc3)c2c1. The molecule has 0 atom stereocenters. The van der Waals surface area contributed by atoms with Gasteiger partial charge in [-0.25, -0.2) is 4.68 Å². The van der Waals surface area contributed by atoms with Crippen LogP contribution in [0.25, 0.3) is 16.6 Å². The fourth-order valence-corrected chi connectivity index (χ4v) is 2.98. The lowest BCUT2D eigenvalue weighted by atomic mass is 10.1. The van der Waals surface area contributed by atoms with Gasteiger partial charge in [0, 0.05) is 11.8 Å². The highest BCUT2D eigenvalue weighted by atomic mass is 16.5. The van der Waals surface area contributed by atoms with Crippen LogP contribution in [-0.2, 0) is 6.42 Å². The maximum atomic E-state index is 5.41. The van der Waals surface area contributed by atoms with Crippen molar-refractivity contribution in [2.75, 3.05) is 7.11 Å². The maximum absolute atomic E-state index is 5.41. The first-order valence-corrected chi connectivity index (χ1v) is 8.00. The maximum Gasteiger partial charge on any atom is 0.119 e. The second-order valence-electron chi connectivity index (χ2n) is 5.74. The van der Waals surface area contributed by atoms with E-state index in [0.717, 1.165) is 28.8 Å². The van der Waals surface area contributed by atoms with Crippen LogP contribution in [0.3, 0.4) is 0 Å². The molecule has 0 aliphatic heterocycles. The van der Waals surface area contributed by atoms with Gasteiger partial charge in [0.05, 0.1) is 24.0 Å². The number of para-hydroxylation sites is 1. The molecule has 0 N–H and O–H groups in total. The normalized spacial score (nSPS) is 10.9. The van der Waals surface area contributed by atoms with Gasteiger partial charge in [-0.2, -0.15) is 5.10 Å². The molecule has 118 valence electrons. The summed E-state index contributed by atoms with van der Waals surface area (Å²) in [5, 5.41) is 5.94. The number of ether oxygens (including phenoxy) is 1. The minimum Gasteiger partial charge on any atom is -0.497 e. The Bertz CT molecular complexity index is 959. The van der Waals surface area contributed by atoms with Gasteiger partial charge in [0.2, 0.25) is 0 Å². The van der Waals surface area contributed by atoms with Crippen molar-refractivity contribution in [3.05, 3.63) is 90.1 Å². The Hall–Kier alpha value is -3.07. The van der Waals surface area contributed by atoms with E-state index in [9.17, 15) is 0 Å². The highest BCUT2D eigenvalue weighted by molar-refractivity contribution is 5.84. The third kappa shape index (κ3) is 2.65. The Morgan fingerprint density at radius 1 is 0.875 bits per heavy atom. The van der Waals surface area contributed by atoms with Crippen molar-refractivity contribution in [1.82, 2.24) is 9.78 Å². The van der Waals surface area contributed by atoms with Crippen molar-refractivity contribution < 1.29 is 4.74 Å². The summed E-state index contributed by atoms with van der Waals surface area (Å²) in [6.45, 7) is 0. The summed E-state index contributed by atoms with van der Waals surface area (Å²) in [5.74, 6) is 0.851. The minimum atomic E-state index is 0.819. The molecule has 3 aromatic carbocycles. The van der Waals surface area contributed by atoms with Crippen LogP contribution in [0.5, 0.6) is 5.75 Å². The lowest BCUT2D eigenvalue weighted by molar-refractivity contribution is 0.415. The molecule has 4 rings (SSSR count). The van der Waals surface area contributed by atoms with Gasteiger partial charge < -0.3 is 4.74 Å². The average molecular weight is 314 g/mol. The van der Waals surface area contributed by atoms with Crippen LogP contribution in [0.2, 0.25) is 0 Å². The highest BCUT2D eigenvalue weighted by Gasteiger charge is 2.14. The first kappa shape index (κ1) is 14.5. The fourth-order valence-electron chi connectivity index (χ4n) is 2.98. The molecule has 4 aromatic rings. The molecule has 0 saturated carbocycles. The van der Waals surface area contributed by atoms with Crippen molar-refractivity contribution in [1.29, 1.82) is 0 Å². The zero-order chi connectivity index (χ0) is 16.4. The molecule has 3 heteroatoms. The summed E-state index contributed by atoms with van der Waals surface area (Å²) < 4.78 is 7.44. The number of hydrogen-bond donors (Lipinski definition) is 0. The van der Waals surface area contributed by atoms with Gasteiger partial charge in [-0.1, -0.05) is 48.5 Å². The van der Waals surface area contributed by atoms with Gasteiger partial charge in [-0.15, -0.1) is 0 Å². The third-order valence-corrected chi connectivity index (χ3v) is 4.19. The van der Waals surface area contributed by atoms with Crippen molar-refractivity contribution >= 4 is 10.9 Å². The quantitative estimate of drug-likeness (QED) is 0.549. The van der Waals surface area contributed by atoms with Crippen molar-refractivity contribution in [3.8, 4) is 11.4 Å². The second kappa shape index (κ2) is 6.20. The first-order chi connectivity index (χ1) is 11.8. The lowest BCUT2D eigenvalue weighted by Gasteiger charge is -2.08. The van der Waals surface area contributed by atoms with Crippen LogP contribution in [0.1, 0.15) is 11.3 Å². The standard InChI is InChI=1S/C21H18N2O/c1-24-18-12-13-20-19(15-18)21(14-16-8-4-2-5-9-16)23(22-20)17-10-6-3-7-11-17/h2-13,15H,14H2,1H3. The van der Waals surface area contributed by atoms with Crippen molar-refractivity contribution in [2.45, 2.75) is 6.42 Å². The van der Waals surface area contributed by atoms with Gasteiger partial charge in [0.25, 0.3) is 0 Å². The molecule has 0 radical (unpaired) electrons. The molecule has 24 heavy (non-hydrogen) atoms. The van der Waals surface area contributed by atoms with Crippen molar-refractivity contribution in [3.63, 3.8) is 0 Å². The number of rotatable bonds is 4. The van der Waals surface area contributed by atoms with Crippen LogP contribution in [0.15, 0.2) is 78.9 Å². The van der Waals surface area contributed by atoms with Crippen LogP contribution in [0.4, 0.5) is 0 Å². The molecular formula is C21H18N2O. The average Bonchev–Trinajstić information content (AvgIpc) is 3.01. The molecule has 0 saturated heterocycles. The Morgan fingerprint density at radius 3 is 2.29 bits per heavy atom. The molecule has 0 aliphatic carbocycles. The van der Waals surface area contributed by atoms with Crippen LogP contribution < -0.4 is 4.74 Å². The van der Waals surface area contributed by atoms with Gasteiger partial charge in [0.15, 0.2) is 0 Å². The molecule has 3 nitrogen and oxygen atoms in total.